The van der Waals surface area contributed by atoms with Crippen molar-refractivity contribution >= 4 is 51.9 Å². The molecule has 28 heavy (non-hydrogen) atoms. The number of carbonyl (C=O) groups excluding carboxylic acids is 3. The van der Waals surface area contributed by atoms with E-state index in [9.17, 15) is 14.4 Å². The molecule has 148 valence electrons. The average Bonchev–Trinajstić information content (AvgIpc) is 2.67. The van der Waals surface area contributed by atoms with E-state index in [1.54, 1.807) is 36.4 Å². The van der Waals surface area contributed by atoms with Crippen LogP contribution in [0.25, 0.3) is 0 Å². The van der Waals surface area contributed by atoms with Crippen LogP contribution in [0.1, 0.15) is 10.4 Å². The van der Waals surface area contributed by atoms with Crippen molar-refractivity contribution in [3.8, 4) is 0 Å². The molecular weight excluding hydrogens is 477 g/mol. The third-order valence-electron chi connectivity index (χ3n) is 3.44. The number of halogens is 1. The first kappa shape index (κ1) is 21.6. The van der Waals surface area contributed by atoms with Crippen LogP contribution in [0.2, 0.25) is 0 Å². The molecule has 0 aliphatic heterocycles. The predicted octanol–water partition coefficient (Wildman–Crippen LogP) is 2.85. The van der Waals surface area contributed by atoms with E-state index >= 15 is 0 Å². The Bertz CT molecular complexity index is 844. The predicted molar refractivity (Wildman–Crippen MR) is 113 cm³/mol. The molecule has 9 heteroatoms. The molecule has 0 radical (unpaired) electrons. The largest absolute Gasteiger partial charge is 0.447 e. The van der Waals surface area contributed by atoms with Crippen molar-refractivity contribution in [3.05, 3.63) is 57.7 Å². The van der Waals surface area contributed by atoms with Gasteiger partial charge in [-0.2, -0.15) is 0 Å². The summed E-state index contributed by atoms with van der Waals surface area (Å²) in [5.41, 5.74) is 1.44. The van der Waals surface area contributed by atoms with Gasteiger partial charge in [-0.3, -0.25) is 14.9 Å². The molecule has 0 fully saturated rings. The van der Waals surface area contributed by atoms with Gasteiger partial charge in [-0.1, -0.05) is 18.2 Å². The van der Waals surface area contributed by atoms with Crippen LogP contribution in [0.3, 0.4) is 0 Å². The molecule has 0 aliphatic carbocycles. The quantitative estimate of drug-likeness (QED) is 0.385. The maximum Gasteiger partial charge on any atom is 0.411 e. The molecule has 0 saturated heterocycles. The van der Waals surface area contributed by atoms with Crippen LogP contribution in [0.15, 0.2) is 48.5 Å². The number of nitrogens with one attached hydrogen (secondary N) is 3. The molecule has 0 spiro atoms. The van der Waals surface area contributed by atoms with E-state index < -0.39 is 6.09 Å². The number of hydrogen-bond donors (Lipinski definition) is 3. The lowest BCUT2D eigenvalue weighted by Gasteiger charge is -2.10. The zero-order valence-electron chi connectivity index (χ0n) is 15.2. The highest BCUT2D eigenvalue weighted by molar-refractivity contribution is 14.1. The van der Waals surface area contributed by atoms with E-state index in [0.717, 1.165) is 3.57 Å². The molecule has 0 bridgehead atoms. The average molecular weight is 497 g/mol. The smallest absolute Gasteiger partial charge is 0.411 e. The monoisotopic (exact) mass is 497 g/mol. The molecule has 0 unspecified atom stereocenters. The van der Waals surface area contributed by atoms with Crippen LogP contribution in [0, 0.1) is 3.57 Å². The Balaban J connectivity index is 1.84. The minimum absolute atomic E-state index is 0.138. The van der Waals surface area contributed by atoms with Crippen LogP contribution in [0.4, 0.5) is 16.2 Å². The van der Waals surface area contributed by atoms with E-state index in [1.165, 1.54) is 7.11 Å². The molecular formula is C19H20IN3O5. The maximum absolute atomic E-state index is 12.1. The van der Waals surface area contributed by atoms with Crippen molar-refractivity contribution in [2.24, 2.45) is 0 Å². The Morgan fingerprint density at radius 1 is 0.964 bits per heavy atom. The van der Waals surface area contributed by atoms with Crippen molar-refractivity contribution in [2.75, 3.05) is 37.5 Å². The van der Waals surface area contributed by atoms with Crippen LogP contribution in [-0.4, -0.2) is 44.8 Å². The number of hydrogen-bond acceptors (Lipinski definition) is 5. The summed E-state index contributed by atoms with van der Waals surface area (Å²) in [5.74, 6) is -0.714. The molecule has 3 amide bonds. The zero-order valence-corrected chi connectivity index (χ0v) is 17.3. The van der Waals surface area contributed by atoms with Crippen LogP contribution >= 0.6 is 22.6 Å². The summed E-state index contributed by atoms with van der Waals surface area (Å²) < 4.78 is 10.5. The minimum atomic E-state index is -0.620. The van der Waals surface area contributed by atoms with Gasteiger partial charge in [0.25, 0.3) is 5.91 Å². The maximum atomic E-state index is 12.1. The normalized spacial score (nSPS) is 10.1. The number of rotatable bonds is 8. The number of ether oxygens (including phenoxy) is 2. The molecule has 0 saturated carbocycles. The lowest BCUT2D eigenvalue weighted by atomic mass is 10.2. The molecule has 0 aliphatic rings. The lowest BCUT2D eigenvalue weighted by molar-refractivity contribution is -0.115. The van der Waals surface area contributed by atoms with Crippen LogP contribution < -0.4 is 16.0 Å². The second-order valence-corrected chi connectivity index (χ2v) is 6.71. The minimum Gasteiger partial charge on any atom is -0.447 e. The van der Waals surface area contributed by atoms with Gasteiger partial charge in [0.2, 0.25) is 5.91 Å². The fraction of sp³-hybridized carbons (Fsp3) is 0.211. The molecule has 3 N–H and O–H groups in total. The highest BCUT2D eigenvalue weighted by Crippen LogP contribution is 2.15. The first-order valence-electron chi connectivity index (χ1n) is 8.35. The summed E-state index contributed by atoms with van der Waals surface area (Å²) in [6.07, 6.45) is -0.620. The number of amides is 3. The number of methoxy groups -OCH3 is 1. The summed E-state index contributed by atoms with van der Waals surface area (Å²) in [6.45, 7) is 0.261. The Hall–Kier alpha value is -2.66. The first-order chi connectivity index (χ1) is 13.5. The van der Waals surface area contributed by atoms with Gasteiger partial charge in [0.15, 0.2) is 0 Å². The fourth-order valence-corrected chi connectivity index (χ4v) is 2.78. The Labute approximate surface area is 176 Å². The summed E-state index contributed by atoms with van der Waals surface area (Å²) >= 11 is 2.06. The summed E-state index contributed by atoms with van der Waals surface area (Å²) in [5, 5.41) is 7.79. The molecule has 0 aromatic heterocycles. The van der Waals surface area contributed by atoms with Crippen LogP contribution in [-0.2, 0) is 14.3 Å². The van der Waals surface area contributed by atoms with Crippen molar-refractivity contribution in [1.82, 2.24) is 5.32 Å². The van der Waals surface area contributed by atoms with Gasteiger partial charge in [0.1, 0.15) is 6.61 Å². The van der Waals surface area contributed by atoms with Gasteiger partial charge in [-0.15, -0.1) is 0 Å². The topological polar surface area (TPSA) is 106 Å². The van der Waals surface area contributed by atoms with Gasteiger partial charge in [-0.25, -0.2) is 4.79 Å². The molecule has 2 rings (SSSR count). The van der Waals surface area contributed by atoms with Gasteiger partial charge in [-0.05, 0) is 52.9 Å². The standard InChI is InChI=1S/C19H20IN3O5/c1-27-9-10-28-19(26)23-14-6-4-5-13(11-14)22-17(24)12-21-18(25)15-7-2-3-8-16(15)20/h2-8,11H,9-10,12H2,1H3,(H,21,25)(H,22,24)(H,23,26). The lowest BCUT2D eigenvalue weighted by Crippen LogP contribution is -2.33. The summed E-state index contributed by atoms with van der Waals surface area (Å²) in [6, 6.07) is 13.7. The Morgan fingerprint density at radius 2 is 1.68 bits per heavy atom. The Morgan fingerprint density at radius 3 is 2.39 bits per heavy atom. The van der Waals surface area contributed by atoms with Crippen LogP contribution in [0.5, 0.6) is 0 Å². The van der Waals surface area contributed by atoms with Gasteiger partial charge in [0.05, 0.1) is 18.7 Å². The molecule has 2 aromatic rings. The Kier molecular flexibility index (Phi) is 8.69. The summed E-state index contributed by atoms with van der Waals surface area (Å²) in [4.78, 5) is 35.9. The van der Waals surface area contributed by atoms with E-state index in [1.807, 2.05) is 12.1 Å². The number of anilines is 2. The van der Waals surface area contributed by atoms with Gasteiger partial charge < -0.3 is 20.1 Å². The second kappa shape index (κ2) is 11.2. The number of benzene rings is 2. The van der Waals surface area contributed by atoms with E-state index in [-0.39, 0.29) is 25.0 Å². The van der Waals surface area contributed by atoms with Gasteiger partial charge in [0, 0.05) is 22.1 Å². The zero-order chi connectivity index (χ0) is 20.4. The number of carbonyl (C=O) groups is 3. The van der Waals surface area contributed by atoms with E-state index in [2.05, 4.69) is 38.5 Å². The molecule has 0 heterocycles. The van der Waals surface area contributed by atoms with Crippen molar-refractivity contribution in [1.29, 1.82) is 0 Å². The first-order valence-corrected chi connectivity index (χ1v) is 9.43. The fourth-order valence-electron chi connectivity index (χ4n) is 2.15. The highest BCUT2D eigenvalue weighted by atomic mass is 127. The van der Waals surface area contributed by atoms with E-state index in [0.29, 0.717) is 23.5 Å². The van der Waals surface area contributed by atoms with Crippen molar-refractivity contribution < 1.29 is 23.9 Å². The van der Waals surface area contributed by atoms with Gasteiger partial charge >= 0.3 is 6.09 Å². The SMILES string of the molecule is COCCOC(=O)Nc1cccc(NC(=O)CNC(=O)c2ccccc2I)c1. The van der Waals surface area contributed by atoms with E-state index in [4.69, 9.17) is 9.47 Å². The van der Waals surface area contributed by atoms with Crippen molar-refractivity contribution in [3.63, 3.8) is 0 Å². The third kappa shape index (κ3) is 7.16. The highest BCUT2D eigenvalue weighted by Gasteiger charge is 2.11. The summed E-state index contributed by atoms with van der Waals surface area (Å²) in [7, 11) is 1.51. The second-order valence-electron chi connectivity index (χ2n) is 5.55. The van der Waals surface area contributed by atoms with Crippen molar-refractivity contribution in [2.45, 2.75) is 0 Å². The molecule has 0 atom stereocenters. The molecule has 2 aromatic carbocycles. The molecule has 8 nitrogen and oxygen atoms in total. The third-order valence-corrected chi connectivity index (χ3v) is 4.38.